The lowest BCUT2D eigenvalue weighted by molar-refractivity contribution is -0.131. The average molecular weight is 515 g/mol. The first kappa shape index (κ1) is 25.6. The van der Waals surface area contributed by atoms with E-state index in [0.717, 1.165) is 16.5 Å². The van der Waals surface area contributed by atoms with Gasteiger partial charge < -0.3 is 14.6 Å². The quantitative estimate of drug-likeness (QED) is 0.491. The van der Waals surface area contributed by atoms with Crippen LogP contribution in [0.4, 0.5) is 13.2 Å². The van der Waals surface area contributed by atoms with E-state index in [9.17, 15) is 9.18 Å². The van der Waals surface area contributed by atoms with E-state index in [4.69, 9.17) is 4.74 Å². The maximum absolute atomic E-state index is 15.7. The molecule has 1 saturated heterocycles. The molecule has 3 aromatic rings. The van der Waals surface area contributed by atoms with Gasteiger partial charge in [-0.2, -0.15) is 0 Å². The normalized spacial score (nSPS) is 20.6. The molecule has 1 unspecified atom stereocenters. The minimum atomic E-state index is -0.803. The van der Waals surface area contributed by atoms with E-state index in [0.29, 0.717) is 31.7 Å². The zero-order valence-corrected chi connectivity index (χ0v) is 21.4. The number of halogens is 3. The number of ether oxygens (including phenoxy) is 1. The Bertz CT molecular complexity index is 1260. The molecule has 0 saturated carbocycles. The molecule has 2 aliphatic rings. The summed E-state index contributed by atoms with van der Waals surface area (Å²) < 4.78 is 49.7. The van der Waals surface area contributed by atoms with Gasteiger partial charge >= 0.3 is 0 Å². The molecule has 1 aromatic heterocycles. The van der Waals surface area contributed by atoms with Gasteiger partial charge in [0.2, 0.25) is 5.91 Å². The molecule has 0 bridgehead atoms. The standard InChI is InChI=1S/C28H33F3N4O2/c1-17-10-21-20-6-4-5-7-24(20)32-27(21)28(35(17)16-25(36)33(2)3)26-22(30)11-19(12-23(26)31)37-9-8-34-14-18(13-29)15-34/h4-7,11-12,17-18,28,32H,8-10,13-16H2,1-3H3/t17-,28?/m1/s1. The number of aromatic nitrogens is 1. The van der Waals surface area contributed by atoms with Gasteiger partial charge in [0.05, 0.1) is 19.3 Å². The van der Waals surface area contributed by atoms with E-state index < -0.39 is 17.7 Å². The highest BCUT2D eigenvalue weighted by molar-refractivity contribution is 5.85. The Kier molecular flexibility index (Phi) is 7.18. The van der Waals surface area contributed by atoms with Crippen molar-refractivity contribution in [2.75, 3.05) is 53.6 Å². The Labute approximate surface area is 215 Å². The number of carbonyl (C=O) groups excluding carboxylic acids is 1. The number of carbonyl (C=O) groups is 1. The van der Waals surface area contributed by atoms with Gasteiger partial charge in [-0.3, -0.25) is 19.0 Å². The zero-order chi connectivity index (χ0) is 26.3. The van der Waals surface area contributed by atoms with Crippen LogP contribution in [0.1, 0.15) is 29.8 Å². The number of para-hydroxylation sites is 1. The van der Waals surface area contributed by atoms with Crippen LogP contribution >= 0.6 is 0 Å². The summed E-state index contributed by atoms with van der Waals surface area (Å²) in [4.78, 5) is 21.5. The molecule has 198 valence electrons. The number of hydrogen-bond acceptors (Lipinski definition) is 4. The van der Waals surface area contributed by atoms with Gasteiger partial charge in [-0.15, -0.1) is 0 Å². The van der Waals surface area contributed by atoms with Crippen LogP contribution in [0.3, 0.4) is 0 Å². The molecule has 1 fully saturated rings. The summed E-state index contributed by atoms with van der Waals surface area (Å²) in [5, 5.41) is 1.02. The van der Waals surface area contributed by atoms with Gasteiger partial charge in [-0.1, -0.05) is 18.2 Å². The summed E-state index contributed by atoms with van der Waals surface area (Å²) in [6, 6.07) is 9.32. The first-order valence-electron chi connectivity index (χ1n) is 12.7. The van der Waals surface area contributed by atoms with E-state index in [-0.39, 0.29) is 49.0 Å². The number of nitrogens with one attached hydrogen (secondary N) is 1. The van der Waals surface area contributed by atoms with Crippen LogP contribution in [-0.2, 0) is 11.2 Å². The first-order chi connectivity index (χ1) is 17.8. The SMILES string of the molecule is C[C@@H]1Cc2c([nH]c3ccccc23)C(c2c(F)cc(OCCN3CC(CF)C3)cc2F)N1CC(=O)N(C)C. The summed E-state index contributed by atoms with van der Waals surface area (Å²) in [7, 11) is 3.34. The van der Waals surface area contributed by atoms with E-state index in [1.165, 1.54) is 17.0 Å². The fourth-order valence-corrected chi connectivity index (χ4v) is 5.52. The summed E-state index contributed by atoms with van der Waals surface area (Å²) in [6.45, 7) is 3.86. The van der Waals surface area contributed by atoms with E-state index in [2.05, 4.69) is 4.98 Å². The molecule has 0 spiro atoms. The smallest absolute Gasteiger partial charge is 0.236 e. The van der Waals surface area contributed by atoms with Gasteiger partial charge in [0.1, 0.15) is 24.0 Å². The lowest BCUT2D eigenvalue weighted by atomic mass is 9.88. The zero-order valence-electron chi connectivity index (χ0n) is 21.4. The molecule has 6 nitrogen and oxygen atoms in total. The molecule has 37 heavy (non-hydrogen) atoms. The Morgan fingerprint density at radius 1 is 1.16 bits per heavy atom. The Morgan fingerprint density at radius 3 is 2.54 bits per heavy atom. The molecule has 1 N–H and O–H groups in total. The van der Waals surface area contributed by atoms with Crippen LogP contribution in [0.5, 0.6) is 5.75 Å². The topological polar surface area (TPSA) is 51.8 Å². The number of likely N-dealkylation sites (N-methyl/N-ethyl adjacent to an activating group) is 1. The highest BCUT2D eigenvalue weighted by atomic mass is 19.1. The van der Waals surface area contributed by atoms with Crippen LogP contribution in [0.25, 0.3) is 10.9 Å². The number of H-pyrrole nitrogens is 1. The number of benzene rings is 2. The van der Waals surface area contributed by atoms with Gasteiger partial charge in [-0.05, 0) is 25.0 Å². The van der Waals surface area contributed by atoms with Crippen molar-refractivity contribution in [2.24, 2.45) is 5.92 Å². The van der Waals surface area contributed by atoms with Crippen LogP contribution in [0.2, 0.25) is 0 Å². The lowest BCUT2D eigenvalue weighted by Crippen LogP contribution is -2.49. The summed E-state index contributed by atoms with van der Waals surface area (Å²) >= 11 is 0. The van der Waals surface area contributed by atoms with E-state index >= 15 is 8.78 Å². The van der Waals surface area contributed by atoms with Gasteiger partial charge in [-0.25, -0.2) is 8.78 Å². The van der Waals surface area contributed by atoms with E-state index in [1.807, 2.05) is 41.0 Å². The van der Waals surface area contributed by atoms with Crippen molar-refractivity contribution in [3.63, 3.8) is 0 Å². The van der Waals surface area contributed by atoms with Crippen molar-refractivity contribution in [1.82, 2.24) is 19.7 Å². The number of nitrogens with zero attached hydrogens (tertiary/aromatic N) is 3. The number of fused-ring (bicyclic) bond motifs is 3. The number of rotatable bonds is 8. The van der Waals surface area contributed by atoms with Crippen molar-refractivity contribution in [3.05, 3.63) is 64.9 Å². The van der Waals surface area contributed by atoms with Crippen LogP contribution < -0.4 is 4.74 Å². The number of hydrogen-bond donors (Lipinski definition) is 1. The summed E-state index contributed by atoms with van der Waals surface area (Å²) in [5.74, 6) is -1.40. The lowest BCUT2D eigenvalue weighted by Gasteiger charge is -2.41. The van der Waals surface area contributed by atoms with E-state index in [1.54, 1.807) is 14.1 Å². The molecule has 2 aliphatic heterocycles. The van der Waals surface area contributed by atoms with Gasteiger partial charge in [0.25, 0.3) is 0 Å². The molecule has 9 heteroatoms. The Hall–Kier alpha value is -3.04. The fourth-order valence-electron chi connectivity index (χ4n) is 5.52. The maximum Gasteiger partial charge on any atom is 0.236 e. The number of aromatic amines is 1. The predicted molar refractivity (Wildman–Crippen MR) is 136 cm³/mol. The number of amides is 1. The van der Waals surface area contributed by atoms with Crippen LogP contribution in [0, 0.1) is 17.6 Å². The molecule has 0 radical (unpaired) electrons. The largest absolute Gasteiger partial charge is 0.492 e. The first-order valence-corrected chi connectivity index (χ1v) is 12.7. The number of likely N-dealkylation sites (tertiary alicyclic amines) is 1. The highest BCUT2D eigenvalue weighted by Crippen LogP contribution is 2.43. The van der Waals surface area contributed by atoms with Crippen LogP contribution in [-0.4, -0.2) is 85.2 Å². The third-order valence-corrected chi connectivity index (χ3v) is 7.59. The fraction of sp³-hybridized carbons (Fsp3) is 0.464. The molecule has 3 heterocycles. The summed E-state index contributed by atoms with van der Waals surface area (Å²) in [5.41, 5.74) is 2.51. The monoisotopic (exact) mass is 514 g/mol. The molecule has 1 amide bonds. The average Bonchev–Trinajstić information content (AvgIpc) is 3.19. The second-order valence-corrected chi connectivity index (χ2v) is 10.4. The van der Waals surface area contributed by atoms with Crippen molar-refractivity contribution >= 4 is 16.8 Å². The predicted octanol–water partition coefficient (Wildman–Crippen LogP) is 4.15. The minimum Gasteiger partial charge on any atom is -0.492 e. The molecule has 5 rings (SSSR count). The molecular weight excluding hydrogens is 481 g/mol. The van der Waals surface area contributed by atoms with Gasteiger partial charge in [0, 0.05) is 80.0 Å². The van der Waals surface area contributed by atoms with Gasteiger partial charge in [0.15, 0.2) is 0 Å². The van der Waals surface area contributed by atoms with Crippen molar-refractivity contribution < 1.29 is 22.7 Å². The Morgan fingerprint density at radius 2 is 1.86 bits per heavy atom. The highest BCUT2D eigenvalue weighted by Gasteiger charge is 2.40. The van der Waals surface area contributed by atoms with Crippen molar-refractivity contribution in [2.45, 2.75) is 25.4 Å². The Balaban J connectivity index is 1.47. The van der Waals surface area contributed by atoms with Crippen molar-refractivity contribution in [3.8, 4) is 5.75 Å². The maximum atomic E-state index is 15.7. The third-order valence-electron chi connectivity index (χ3n) is 7.59. The van der Waals surface area contributed by atoms with Crippen molar-refractivity contribution in [1.29, 1.82) is 0 Å². The molecule has 2 aromatic carbocycles. The third kappa shape index (κ3) is 4.94. The minimum absolute atomic E-state index is 0.0283. The molecule has 0 aliphatic carbocycles. The summed E-state index contributed by atoms with van der Waals surface area (Å²) in [6.07, 6.45) is 0.654. The van der Waals surface area contributed by atoms with Crippen LogP contribution in [0.15, 0.2) is 36.4 Å². The second-order valence-electron chi connectivity index (χ2n) is 10.4. The molecular formula is C28H33F3N4O2. The second kappa shape index (κ2) is 10.4. The number of alkyl halides is 1. The molecule has 2 atom stereocenters.